The number of halogens is 1. The molecule has 1 aliphatic rings. The molecule has 30 heavy (non-hydrogen) atoms. The molecule has 2 N–H and O–H groups in total. The minimum atomic E-state index is 0. The number of hydrogen-bond donors (Lipinski definition) is 2. The highest BCUT2D eigenvalue weighted by Gasteiger charge is 2.09. The molecule has 1 fully saturated rings. The fourth-order valence-corrected chi connectivity index (χ4v) is 2.97. The Bertz CT molecular complexity index is 596. The molecule has 1 heterocycles. The van der Waals surface area contributed by atoms with Gasteiger partial charge in [-0.05, 0) is 30.0 Å². The van der Waals surface area contributed by atoms with Gasteiger partial charge in [0.2, 0.25) is 0 Å². The van der Waals surface area contributed by atoms with Crippen molar-refractivity contribution in [2.45, 2.75) is 26.8 Å². The average Bonchev–Trinajstić information content (AvgIpc) is 2.73. The Balaban J connectivity index is 0.00000450. The minimum Gasteiger partial charge on any atom is -0.492 e. The molecule has 0 aliphatic carbocycles. The quantitative estimate of drug-likeness (QED) is 0.186. The summed E-state index contributed by atoms with van der Waals surface area (Å²) in [5, 5.41) is 6.68. The summed E-state index contributed by atoms with van der Waals surface area (Å²) in [6.45, 7) is 12.7. The van der Waals surface area contributed by atoms with Gasteiger partial charge in [0, 0.05) is 53.0 Å². The summed E-state index contributed by atoms with van der Waals surface area (Å²) in [6.07, 6.45) is 0.958. The highest BCUT2D eigenvalue weighted by Crippen LogP contribution is 2.13. The molecule has 172 valence electrons. The lowest BCUT2D eigenvalue weighted by Crippen LogP contribution is -2.38. The first-order valence-corrected chi connectivity index (χ1v) is 10.7. The van der Waals surface area contributed by atoms with Crippen LogP contribution in [0.15, 0.2) is 29.3 Å². The van der Waals surface area contributed by atoms with Gasteiger partial charge in [0.1, 0.15) is 12.4 Å². The summed E-state index contributed by atoms with van der Waals surface area (Å²) in [7, 11) is 1.79. The van der Waals surface area contributed by atoms with E-state index >= 15 is 0 Å². The molecule has 1 aromatic rings. The van der Waals surface area contributed by atoms with Crippen molar-refractivity contribution < 1.29 is 14.2 Å². The van der Waals surface area contributed by atoms with Crippen molar-refractivity contribution >= 4 is 29.9 Å². The maximum atomic E-state index is 5.93. The molecule has 0 amide bonds. The largest absolute Gasteiger partial charge is 0.492 e. The molecule has 1 aliphatic heterocycles. The van der Waals surface area contributed by atoms with Crippen LogP contribution in [0.2, 0.25) is 0 Å². The van der Waals surface area contributed by atoms with Gasteiger partial charge in [-0.15, -0.1) is 24.0 Å². The second-order valence-corrected chi connectivity index (χ2v) is 7.62. The maximum absolute atomic E-state index is 5.93. The van der Waals surface area contributed by atoms with Crippen LogP contribution < -0.4 is 15.4 Å². The zero-order chi connectivity index (χ0) is 20.7. The number of ether oxygens (including phenoxy) is 3. The topological polar surface area (TPSA) is 67.4 Å². The van der Waals surface area contributed by atoms with Gasteiger partial charge in [-0.1, -0.05) is 26.0 Å². The van der Waals surface area contributed by atoms with E-state index < -0.39 is 0 Å². The van der Waals surface area contributed by atoms with Gasteiger partial charge in [0.05, 0.1) is 13.2 Å². The number of rotatable bonds is 12. The van der Waals surface area contributed by atoms with E-state index in [1.807, 2.05) is 12.1 Å². The number of hydrogen-bond acceptors (Lipinski definition) is 5. The van der Waals surface area contributed by atoms with Gasteiger partial charge >= 0.3 is 0 Å². The summed E-state index contributed by atoms with van der Waals surface area (Å²) >= 11 is 0. The van der Waals surface area contributed by atoms with Crippen molar-refractivity contribution in [3.63, 3.8) is 0 Å². The normalized spacial score (nSPS) is 15.0. The van der Waals surface area contributed by atoms with E-state index in [4.69, 9.17) is 14.2 Å². The highest BCUT2D eigenvalue weighted by atomic mass is 127. The van der Waals surface area contributed by atoms with Crippen LogP contribution in [-0.2, 0) is 16.0 Å². The molecular weight excluding hydrogens is 495 g/mol. The molecule has 2 rings (SSSR count). The van der Waals surface area contributed by atoms with Crippen LogP contribution >= 0.6 is 24.0 Å². The van der Waals surface area contributed by atoms with Gasteiger partial charge in [0.25, 0.3) is 0 Å². The fraction of sp³-hybridized carbons (Fsp3) is 0.682. The van der Waals surface area contributed by atoms with Crippen LogP contribution in [0.3, 0.4) is 0 Å². The first-order valence-electron chi connectivity index (χ1n) is 10.7. The third-order valence-corrected chi connectivity index (χ3v) is 4.57. The van der Waals surface area contributed by atoms with Crippen molar-refractivity contribution in [2.24, 2.45) is 10.9 Å². The molecule has 0 spiro atoms. The van der Waals surface area contributed by atoms with Crippen molar-refractivity contribution in [3.8, 4) is 5.75 Å². The van der Waals surface area contributed by atoms with E-state index in [0.717, 1.165) is 76.3 Å². The molecular formula is C22H39IN4O3. The Morgan fingerprint density at radius 3 is 2.73 bits per heavy atom. The Morgan fingerprint density at radius 1 is 1.20 bits per heavy atom. The lowest BCUT2D eigenvalue weighted by Gasteiger charge is -2.26. The third kappa shape index (κ3) is 11.9. The molecule has 8 heteroatoms. The number of morpholine rings is 1. The van der Waals surface area contributed by atoms with E-state index in [-0.39, 0.29) is 24.0 Å². The van der Waals surface area contributed by atoms with E-state index in [1.165, 1.54) is 0 Å². The van der Waals surface area contributed by atoms with Crippen LogP contribution in [0.5, 0.6) is 5.75 Å². The monoisotopic (exact) mass is 534 g/mol. The van der Waals surface area contributed by atoms with Crippen molar-refractivity contribution in [3.05, 3.63) is 29.8 Å². The lowest BCUT2D eigenvalue weighted by molar-refractivity contribution is 0.0322. The Kier molecular flexibility index (Phi) is 14.9. The number of aliphatic imine (C=N–C) groups is 1. The zero-order valence-electron chi connectivity index (χ0n) is 18.7. The predicted molar refractivity (Wildman–Crippen MR) is 133 cm³/mol. The first-order chi connectivity index (χ1) is 14.2. The van der Waals surface area contributed by atoms with Crippen molar-refractivity contribution in [1.82, 2.24) is 15.5 Å². The number of nitrogens with one attached hydrogen (secondary N) is 2. The Morgan fingerprint density at radius 2 is 2.00 bits per heavy atom. The van der Waals surface area contributed by atoms with E-state index in [0.29, 0.717) is 19.1 Å². The Labute approximate surface area is 199 Å². The molecule has 0 unspecified atom stereocenters. The molecule has 1 saturated heterocycles. The fourth-order valence-electron chi connectivity index (χ4n) is 2.97. The van der Waals surface area contributed by atoms with Crippen LogP contribution in [0, 0.1) is 5.92 Å². The van der Waals surface area contributed by atoms with Crippen LogP contribution in [0.1, 0.15) is 25.8 Å². The van der Waals surface area contributed by atoms with Crippen molar-refractivity contribution in [1.29, 1.82) is 0 Å². The number of nitrogens with zero attached hydrogens (tertiary/aromatic N) is 2. The summed E-state index contributed by atoms with van der Waals surface area (Å²) in [5.41, 5.74) is 1.16. The molecule has 0 bridgehead atoms. The Hall–Kier alpha value is -1.10. The molecule has 0 aromatic heterocycles. The first kappa shape index (κ1) is 26.9. The SMILES string of the molecule is CN=C(NCCCOCC(C)C)NCc1cccc(OCCN2CCOCC2)c1.I. The van der Waals surface area contributed by atoms with Crippen LogP contribution in [-0.4, -0.2) is 77.1 Å². The van der Waals surface area contributed by atoms with Crippen LogP contribution in [0.4, 0.5) is 0 Å². The second kappa shape index (κ2) is 16.6. The summed E-state index contributed by atoms with van der Waals surface area (Å²) < 4.78 is 16.9. The smallest absolute Gasteiger partial charge is 0.191 e. The number of benzene rings is 1. The van der Waals surface area contributed by atoms with Gasteiger partial charge in [-0.3, -0.25) is 9.89 Å². The molecule has 0 saturated carbocycles. The zero-order valence-corrected chi connectivity index (χ0v) is 21.0. The molecule has 7 nitrogen and oxygen atoms in total. The number of guanidine groups is 1. The summed E-state index contributed by atoms with van der Waals surface area (Å²) in [4.78, 5) is 6.65. The second-order valence-electron chi connectivity index (χ2n) is 7.62. The molecule has 0 radical (unpaired) electrons. The maximum Gasteiger partial charge on any atom is 0.191 e. The molecule has 0 atom stereocenters. The van der Waals surface area contributed by atoms with Gasteiger partial charge in [-0.25, -0.2) is 0 Å². The van der Waals surface area contributed by atoms with Crippen LogP contribution in [0.25, 0.3) is 0 Å². The third-order valence-electron chi connectivity index (χ3n) is 4.57. The summed E-state index contributed by atoms with van der Waals surface area (Å²) in [6, 6.07) is 8.21. The average molecular weight is 534 g/mol. The predicted octanol–water partition coefficient (Wildman–Crippen LogP) is 2.74. The lowest BCUT2D eigenvalue weighted by atomic mass is 10.2. The molecule has 1 aromatic carbocycles. The van der Waals surface area contributed by atoms with Gasteiger partial charge in [0.15, 0.2) is 5.96 Å². The standard InChI is InChI=1S/C22H38N4O3.HI/c1-19(2)18-28-12-5-8-24-22(23-3)25-17-20-6-4-7-21(16-20)29-15-11-26-9-13-27-14-10-26;/h4,6-7,16,19H,5,8-15,17-18H2,1-3H3,(H2,23,24,25);1H. The highest BCUT2D eigenvalue weighted by molar-refractivity contribution is 14.0. The van der Waals surface area contributed by atoms with E-state index in [1.54, 1.807) is 7.05 Å². The van der Waals surface area contributed by atoms with Crippen molar-refractivity contribution in [2.75, 3.05) is 66.3 Å². The van der Waals surface area contributed by atoms with Gasteiger partial charge < -0.3 is 24.8 Å². The summed E-state index contributed by atoms with van der Waals surface area (Å²) in [5.74, 6) is 2.28. The van der Waals surface area contributed by atoms with E-state index in [9.17, 15) is 0 Å². The van der Waals surface area contributed by atoms with Gasteiger partial charge in [-0.2, -0.15) is 0 Å². The minimum absolute atomic E-state index is 0. The van der Waals surface area contributed by atoms with E-state index in [2.05, 4.69) is 46.5 Å².